The molecule has 2 heterocycles. The van der Waals surface area contributed by atoms with E-state index < -0.39 is 5.97 Å². The summed E-state index contributed by atoms with van der Waals surface area (Å²) in [5, 5.41) is 3.42. The van der Waals surface area contributed by atoms with E-state index in [0.717, 1.165) is 44.4 Å². The third kappa shape index (κ3) is 5.34. The average molecular weight is 317 g/mol. The number of rotatable bonds is 6. The number of piperidine rings is 1. The van der Waals surface area contributed by atoms with Gasteiger partial charge in [0.15, 0.2) is 0 Å². The largest absolute Gasteiger partial charge is 0.463 e. The van der Waals surface area contributed by atoms with Crippen LogP contribution in [0.2, 0.25) is 0 Å². The van der Waals surface area contributed by atoms with Crippen molar-refractivity contribution in [3.8, 4) is 0 Å². The van der Waals surface area contributed by atoms with Crippen molar-refractivity contribution in [2.75, 3.05) is 33.3 Å². The molecule has 0 radical (unpaired) electrons. The first-order valence-corrected chi connectivity index (χ1v) is 7.33. The SMILES string of the molecule is CCNCC1CCN(Cc2ccc(C(=O)OC)o2)CC1.Cl. The van der Waals surface area contributed by atoms with Crippen molar-refractivity contribution >= 4 is 18.4 Å². The van der Waals surface area contributed by atoms with Crippen LogP contribution in [0, 0.1) is 5.92 Å². The molecule has 0 aliphatic carbocycles. The number of carbonyl (C=O) groups excluding carboxylic acids is 1. The molecule has 0 atom stereocenters. The molecule has 1 aliphatic rings. The van der Waals surface area contributed by atoms with Crippen LogP contribution in [0.5, 0.6) is 0 Å². The molecule has 0 unspecified atom stereocenters. The van der Waals surface area contributed by atoms with E-state index >= 15 is 0 Å². The Morgan fingerprint density at radius 2 is 2.14 bits per heavy atom. The van der Waals surface area contributed by atoms with Gasteiger partial charge < -0.3 is 14.5 Å². The monoisotopic (exact) mass is 316 g/mol. The summed E-state index contributed by atoms with van der Waals surface area (Å²) in [5.41, 5.74) is 0. The molecule has 1 aliphatic heterocycles. The summed E-state index contributed by atoms with van der Waals surface area (Å²) in [7, 11) is 1.36. The van der Waals surface area contributed by atoms with E-state index in [2.05, 4.69) is 21.9 Å². The van der Waals surface area contributed by atoms with Crippen molar-refractivity contribution in [1.82, 2.24) is 10.2 Å². The fraction of sp³-hybridized carbons (Fsp3) is 0.667. The number of nitrogens with zero attached hydrogens (tertiary/aromatic N) is 1. The first-order valence-electron chi connectivity index (χ1n) is 7.33. The molecule has 5 nitrogen and oxygen atoms in total. The van der Waals surface area contributed by atoms with Gasteiger partial charge in [-0.15, -0.1) is 12.4 Å². The highest BCUT2D eigenvalue weighted by molar-refractivity contribution is 5.86. The van der Waals surface area contributed by atoms with E-state index in [1.165, 1.54) is 20.0 Å². The number of halogens is 1. The standard InChI is InChI=1S/C15H24N2O3.ClH/c1-3-16-10-12-6-8-17(9-7-12)11-13-4-5-14(20-13)15(18)19-2;/h4-5,12,16H,3,6-11H2,1-2H3;1H. The number of nitrogens with one attached hydrogen (secondary N) is 1. The minimum atomic E-state index is -0.416. The van der Waals surface area contributed by atoms with Crippen LogP contribution in [-0.2, 0) is 11.3 Å². The first kappa shape index (κ1) is 18.0. The van der Waals surface area contributed by atoms with Crippen molar-refractivity contribution in [3.63, 3.8) is 0 Å². The van der Waals surface area contributed by atoms with Gasteiger partial charge in [0.25, 0.3) is 0 Å². The Morgan fingerprint density at radius 3 is 2.76 bits per heavy atom. The van der Waals surface area contributed by atoms with Crippen LogP contribution >= 0.6 is 12.4 Å². The zero-order valence-corrected chi connectivity index (χ0v) is 13.6. The third-order valence-corrected chi connectivity index (χ3v) is 3.82. The fourth-order valence-corrected chi connectivity index (χ4v) is 2.59. The maximum Gasteiger partial charge on any atom is 0.373 e. The lowest BCUT2D eigenvalue weighted by Crippen LogP contribution is -2.36. The van der Waals surface area contributed by atoms with Crippen molar-refractivity contribution in [2.45, 2.75) is 26.3 Å². The Morgan fingerprint density at radius 1 is 1.43 bits per heavy atom. The van der Waals surface area contributed by atoms with Crippen LogP contribution in [-0.4, -0.2) is 44.2 Å². The summed E-state index contributed by atoms with van der Waals surface area (Å²) < 4.78 is 10.1. The number of furan rings is 1. The lowest BCUT2D eigenvalue weighted by molar-refractivity contribution is 0.0560. The second kappa shape index (κ2) is 9.07. The summed E-state index contributed by atoms with van der Waals surface area (Å²) in [5.74, 6) is 1.48. The third-order valence-electron chi connectivity index (χ3n) is 3.82. The maximum absolute atomic E-state index is 11.3. The fourth-order valence-electron chi connectivity index (χ4n) is 2.59. The minimum absolute atomic E-state index is 0. The van der Waals surface area contributed by atoms with Gasteiger partial charge in [-0.05, 0) is 57.1 Å². The predicted octanol–water partition coefficient (Wildman–Crippen LogP) is 2.31. The molecule has 1 N–H and O–H groups in total. The van der Waals surface area contributed by atoms with E-state index in [1.54, 1.807) is 6.07 Å². The smallest absolute Gasteiger partial charge is 0.373 e. The molecule has 2 rings (SSSR count). The van der Waals surface area contributed by atoms with Crippen LogP contribution in [0.15, 0.2) is 16.5 Å². The van der Waals surface area contributed by atoms with Crippen LogP contribution in [0.3, 0.4) is 0 Å². The highest BCUT2D eigenvalue weighted by Crippen LogP contribution is 2.19. The Balaban J connectivity index is 0.00000220. The molecule has 6 heteroatoms. The number of methoxy groups -OCH3 is 1. The zero-order valence-electron chi connectivity index (χ0n) is 12.8. The molecular formula is C15H25ClN2O3. The second-order valence-corrected chi connectivity index (χ2v) is 5.28. The highest BCUT2D eigenvalue weighted by atomic mass is 35.5. The molecule has 1 aromatic rings. The predicted molar refractivity (Wildman–Crippen MR) is 83.8 cm³/mol. The summed E-state index contributed by atoms with van der Waals surface area (Å²) in [6.45, 7) is 7.25. The topological polar surface area (TPSA) is 54.7 Å². The van der Waals surface area contributed by atoms with E-state index in [-0.39, 0.29) is 18.2 Å². The molecule has 120 valence electrons. The average Bonchev–Trinajstić information content (AvgIpc) is 2.94. The molecule has 21 heavy (non-hydrogen) atoms. The number of carbonyl (C=O) groups is 1. The van der Waals surface area contributed by atoms with Crippen molar-refractivity contribution < 1.29 is 13.9 Å². The summed E-state index contributed by atoms with van der Waals surface area (Å²) in [6, 6.07) is 3.54. The van der Waals surface area contributed by atoms with Gasteiger partial charge in [-0.1, -0.05) is 6.92 Å². The summed E-state index contributed by atoms with van der Waals surface area (Å²) >= 11 is 0. The quantitative estimate of drug-likeness (QED) is 0.816. The van der Waals surface area contributed by atoms with Crippen LogP contribution in [0.1, 0.15) is 36.1 Å². The molecule has 1 aromatic heterocycles. The number of likely N-dealkylation sites (tertiary alicyclic amines) is 1. The Hall–Kier alpha value is -1.04. The Labute approximate surface area is 132 Å². The van der Waals surface area contributed by atoms with Crippen molar-refractivity contribution in [3.05, 3.63) is 23.7 Å². The Bertz CT molecular complexity index is 428. The summed E-state index contributed by atoms with van der Waals surface area (Å²) in [6.07, 6.45) is 2.44. The maximum atomic E-state index is 11.3. The van der Waals surface area contributed by atoms with Gasteiger partial charge >= 0.3 is 5.97 Å². The van der Waals surface area contributed by atoms with E-state index in [1.807, 2.05) is 6.07 Å². The van der Waals surface area contributed by atoms with Gasteiger partial charge in [-0.3, -0.25) is 4.90 Å². The van der Waals surface area contributed by atoms with Crippen molar-refractivity contribution in [2.24, 2.45) is 5.92 Å². The van der Waals surface area contributed by atoms with Crippen LogP contribution < -0.4 is 5.32 Å². The van der Waals surface area contributed by atoms with Gasteiger partial charge in [0.2, 0.25) is 5.76 Å². The summed E-state index contributed by atoms with van der Waals surface area (Å²) in [4.78, 5) is 13.7. The number of ether oxygens (including phenoxy) is 1. The highest BCUT2D eigenvalue weighted by Gasteiger charge is 2.20. The van der Waals surface area contributed by atoms with Gasteiger partial charge in [-0.2, -0.15) is 0 Å². The lowest BCUT2D eigenvalue weighted by atomic mass is 9.97. The Kier molecular flexibility index (Phi) is 7.78. The molecule has 0 saturated carbocycles. The first-order chi connectivity index (χ1) is 9.72. The number of esters is 1. The van der Waals surface area contributed by atoms with Gasteiger partial charge in [0.05, 0.1) is 13.7 Å². The lowest BCUT2D eigenvalue weighted by Gasteiger charge is -2.31. The van der Waals surface area contributed by atoms with Crippen molar-refractivity contribution in [1.29, 1.82) is 0 Å². The van der Waals surface area contributed by atoms with Gasteiger partial charge in [0.1, 0.15) is 5.76 Å². The molecule has 0 aromatic carbocycles. The minimum Gasteiger partial charge on any atom is -0.463 e. The molecule has 1 fully saturated rings. The number of hydrogen-bond donors (Lipinski definition) is 1. The van der Waals surface area contributed by atoms with E-state index in [4.69, 9.17) is 4.42 Å². The van der Waals surface area contributed by atoms with Crippen LogP contribution in [0.25, 0.3) is 0 Å². The molecule has 0 amide bonds. The normalized spacial score (nSPS) is 16.5. The molecule has 0 bridgehead atoms. The zero-order chi connectivity index (χ0) is 14.4. The molecular weight excluding hydrogens is 292 g/mol. The van der Waals surface area contributed by atoms with Crippen LogP contribution in [0.4, 0.5) is 0 Å². The van der Waals surface area contributed by atoms with E-state index in [9.17, 15) is 4.79 Å². The number of hydrogen-bond acceptors (Lipinski definition) is 5. The van der Waals surface area contributed by atoms with Gasteiger partial charge in [0, 0.05) is 0 Å². The molecule has 0 spiro atoms. The molecule has 1 saturated heterocycles. The second-order valence-electron chi connectivity index (χ2n) is 5.28. The van der Waals surface area contributed by atoms with Gasteiger partial charge in [-0.25, -0.2) is 4.79 Å². The van der Waals surface area contributed by atoms with E-state index in [0.29, 0.717) is 0 Å².